The van der Waals surface area contributed by atoms with Gasteiger partial charge in [-0.2, -0.15) is 0 Å². The van der Waals surface area contributed by atoms with E-state index in [1.165, 1.54) is 7.11 Å². The first-order chi connectivity index (χ1) is 5.33. The Morgan fingerprint density at radius 1 is 1.36 bits per heavy atom. The third kappa shape index (κ3) is 26.2. The van der Waals surface area contributed by atoms with Gasteiger partial charge >= 0.3 is 0 Å². The monoisotopic (exact) mass is 164 g/mol. The first-order valence-electron chi connectivity index (χ1n) is 3.31. The molecule has 0 bridgehead atoms. The van der Waals surface area contributed by atoms with Gasteiger partial charge in [-0.1, -0.05) is 6.08 Å². The molecule has 0 aromatic rings. The number of aliphatic hydroxyl groups is 2. The second-order valence-electron chi connectivity index (χ2n) is 1.51. The highest BCUT2D eigenvalue weighted by Crippen LogP contribution is 1.69. The maximum absolute atomic E-state index is 8.00. The quantitative estimate of drug-likeness (QED) is 0.262. The minimum Gasteiger partial charge on any atom is -0.396 e. The number of hydrogen-bond acceptors (Lipinski definition) is 4. The highest BCUT2D eigenvalue weighted by molar-refractivity contribution is 4.63. The fraction of sp³-hybridized carbons (Fsp3) is 0.714. The van der Waals surface area contributed by atoms with Crippen molar-refractivity contribution in [1.29, 1.82) is 0 Å². The summed E-state index contributed by atoms with van der Waals surface area (Å²) in [5.41, 5.74) is 0. The fourth-order valence-corrected chi connectivity index (χ4v) is 0.212. The van der Waals surface area contributed by atoms with Crippen molar-refractivity contribution in [3.05, 3.63) is 12.7 Å². The van der Waals surface area contributed by atoms with Gasteiger partial charge in [-0.3, -0.25) is 0 Å². The van der Waals surface area contributed by atoms with E-state index in [0.717, 1.165) is 0 Å². The van der Waals surface area contributed by atoms with Crippen molar-refractivity contribution in [2.45, 2.75) is 6.42 Å². The second-order valence-corrected chi connectivity index (χ2v) is 1.51. The Morgan fingerprint density at radius 2 is 2.00 bits per heavy atom. The largest absolute Gasteiger partial charge is 0.396 e. The molecule has 4 nitrogen and oxygen atoms in total. The number of rotatable bonds is 5. The van der Waals surface area contributed by atoms with Gasteiger partial charge in [-0.15, -0.1) is 6.58 Å². The van der Waals surface area contributed by atoms with Crippen LogP contribution in [0.3, 0.4) is 0 Å². The lowest BCUT2D eigenvalue weighted by atomic mass is 10.5. The third-order valence-electron chi connectivity index (χ3n) is 0.626. The molecule has 0 saturated heterocycles. The van der Waals surface area contributed by atoms with Gasteiger partial charge in [0.05, 0.1) is 13.7 Å². The standard InChI is InChI=1S/C4H8O.C3H8O3/c1-2-3-4-5;1-5-6-3-2-4/h2,5H,1,3-4H2;4H,2-3H2,1H3. The van der Waals surface area contributed by atoms with Crippen LogP contribution in [0.25, 0.3) is 0 Å². The Labute approximate surface area is 67.0 Å². The van der Waals surface area contributed by atoms with Crippen molar-refractivity contribution in [2.75, 3.05) is 26.9 Å². The van der Waals surface area contributed by atoms with Crippen molar-refractivity contribution >= 4 is 0 Å². The lowest BCUT2D eigenvalue weighted by Crippen LogP contribution is -1.96. The third-order valence-corrected chi connectivity index (χ3v) is 0.626. The highest BCUT2D eigenvalue weighted by Gasteiger charge is 1.74. The average Bonchev–Trinajstić information content (AvgIpc) is 2.04. The molecule has 0 heterocycles. The number of aliphatic hydroxyl groups excluding tert-OH is 2. The van der Waals surface area contributed by atoms with E-state index in [1.807, 2.05) is 0 Å². The van der Waals surface area contributed by atoms with Crippen LogP contribution < -0.4 is 0 Å². The van der Waals surface area contributed by atoms with Crippen molar-refractivity contribution in [3.8, 4) is 0 Å². The molecular formula is C7H16O4. The predicted molar refractivity (Wildman–Crippen MR) is 41.9 cm³/mol. The molecule has 68 valence electrons. The normalized spacial score (nSPS) is 8.27. The Morgan fingerprint density at radius 3 is 2.09 bits per heavy atom. The van der Waals surface area contributed by atoms with Crippen molar-refractivity contribution < 1.29 is 20.0 Å². The lowest BCUT2D eigenvalue weighted by Gasteiger charge is -1.90. The van der Waals surface area contributed by atoms with Crippen LogP contribution in [0.15, 0.2) is 12.7 Å². The summed E-state index contributed by atoms with van der Waals surface area (Å²) in [5.74, 6) is 0. The lowest BCUT2D eigenvalue weighted by molar-refractivity contribution is -0.275. The van der Waals surface area contributed by atoms with Gasteiger partial charge < -0.3 is 10.2 Å². The summed E-state index contributed by atoms with van der Waals surface area (Å²) in [4.78, 5) is 8.35. The Balaban J connectivity index is 0. The summed E-state index contributed by atoms with van der Waals surface area (Å²) in [6, 6.07) is 0. The molecule has 0 radical (unpaired) electrons. The van der Waals surface area contributed by atoms with Gasteiger partial charge in [-0.25, -0.2) is 9.78 Å². The molecule has 0 spiro atoms. The van der Waals surface area contributed by atoms with Gasteiger partial charge in [0.1, 0.15) is 6.61 Å². The molecular weight excluding hydrogens is 148 g/mol. The molecule has 0 aliphatic carbocycles. The molecule has 0 aliphatic heterocycles. The molecule has 0 fully saturated rings. The van der Waals surface area contributed by atoms with E-state index in [2.05, 4.69) is 16.4 Å². The van der Waals surface area contributed by atoms with E-state index in [1.54, 1.807) is 6.08 Å². The topological polar surface area (TPSA) is 58.9 Å². The zero-order valence-electron chi connectivity index (χ0n) is 6.82. The van der Waals surface area contributed by atoms with Gasteiger partial charge in [-0.05, 0) is 6.42 Å². The Bertz CT molecular complexity index is 61.5. The molecule has 0 amide bonds. The number of hydrogen-bond donors (Lipinski definition) is 2. The summed E-state index contributed by atoms with van der Waals surface area (Å²) in [6.07, 6.45) is 2.39. The van der Waals surface area contributed by atoms with Crippen LogP contribution in [0.5, 0.6) is 0 Å². The molecule has 0 aromatic carbocycles. The van der Waals surface area contributed by atoms with E-state index in [0.29, 0.717) is 6.42 Å². The van der Waals surface area contributed by atoms with Gasteiger partial charge in [0.15, 0.2) is 0 Å². The first-order valence-corrected chi connectivity index (χ1v) is 3.31. The predicted octanol–water partition coefficient (Wildman–Crippen LogP) is 0.112. The maximum atomic E-state index is 8.00. The summed E-state index contributed by atoms with van der Waals surface area (Å²) in [7, 11) is 1.40. The zero-order valence-corrected chi connectivity index (χ0v) is 6.82. The van der Waals surface area contributed by atoms with E-state index in [-0.39, 0.29) is 19.8 Å². The van der Waals surface area contributed by atoms with E-state index in [9.17, 15) is 0 Å². The average molecular weight is 164 g/mol. The summed E-state index contributed by atoms with van der Waals surface area (Å²) >= 11 is 0. The minimum atomic E-state index is 0.00778. The van der Waals surface area contributed by atoms with Gasteiger partial charge in [0.2, 0.25) is 0 Å². The molecule has 0 saturated carbocycles. The molecule has 0 aliphatic rings. The smallest absolute Gasteiger partial charge is 0.105 e. The van der Waals surface area contributed by atoms with E-state index in [4.69, 9.17) is 10.2 Å². The van der Waals surface area contributed by atoms with E-state index < -0.39 is 0 Å². The summed E-state index contributed by atoms with van der Waals surface area (Å²) in [6.45, 7) is 3.87. The van der Waals surface area contributed by atoms with Crippen LogP contribution in [0, 0.1) is 0 Å². The Kier molecular flexibility index (Phi) is 19.5. The van der Waals surface area contributed by atoms with Crippen molar-refractivity contribution in [3.63, 3.8) is 0 Å². The van der Waals surface area contributed by atoms with Crippen molar-refractivity contribution in [1.82, 2.24) is 0 Å². The molecule has 0 aromatic heterocycles. The van der Waals surface area contributed by atoms with Crippen LogP contribution in [0.2, 0.25) is 0 Å². The fourth-order valence-electron chi connectivity index (χ4n) is 0.212. The minimum absolute atomic E-state index is 0.00778. The van der Waals surface area contributed by atoms with Crippen LogP contribution >= 0.6 is 0 Å². The summed E-state index contributed by atoms with van der Waals surface area (Å²) < 4.78 is 0. The zero-order chi connectivity index (χ0) is 8.95. The second kappa shape index (κ2) is 16.3. The van der Waals surface area contributed by atoms with Crippen LogP contribution in [0.1, 0.15) is 6.42 Å². The molecule has 0 unspecified atom stereocenters. The Hall–Kier alpha value is -0.420. The van der Waals surface area contributed by atoms with Crippen LogP contribution in [-0.4, -0.2) is 37.1 Å². The first kappa shape index (κ1) is 13.2. The molecule has 11 heavy (non-hydrogen) atoms. The summed E-state index contributed by atoms with van der Waals surface area (Å²) in [5, 5.41) is 16.0. The molecule has 4 heteroatoms. The molecule has 0 rings (SSSR count). The van der Waals surface area contributed by atoms with Gasteiger partial charge in [0.25, 0.3) is 0 Å². The maximum Gasteiger partial charge on any atom is 0.105 e. The van der Waals surface area contributed by atoms with Crippen molar-refractivity contribution in [2.24, 2.45) is 0 Å². The van der Waals surface area contributed by atoms with Crippen LogP contribution in [-0.2, 0) is 9.78 Å². The van der Waals surface area contributed by atoms with Gasteiger partial charge in [0, 0.05) is 6.61 Å². The highest BCUT2D eigenvalue weighted by atomic mass is 17.2. The van der Waals surface area contributed by atoms with Crippen LogP contribution in [0.4, 0.5) is 0 Å². The SMILES string of the molecule is C=CCCO.COOCCO. The van der Waals surface area contributed by atoms with E-state index >= 15 is 0 Å². The molecule has 0 atom stereocenters. The molecule has 2 N–H and O–H groups in total.